The van der Waals surface area contributed by atoms with Crippen molar-refractivity contribution in [1.82, 2.24) is 29.5 Å². The molecule has 0 aliphatic carbocycles. The lowest BCUT2D eigenvalue weighted by Gasteiger charge is -2.09. The Morgan fingerprint density at radius 3 is 2.74 bits per heavy atom. The van der Waals surface area contributed by atoms with Gasteiger partial charge in [0.05, 0.1) is 36.4 Å². The van der Waals surface area contributed by atoms with Crippen LogP contribution in [0.4, 0.5) is 13.2 Å². The minimum atomic E-state index is -4.34. The maximum atomic E-state index is 12.9. The molecule has 7 nitrogen and oxygen atoms in total. The van der Waals surface area contributed by atoms with E-state index in [1.165, 1.54) is 13.4 Å². The molecule has 5 rings (SSSR count). The van der Waals surface area contributed by atoms with E-state index in [9.17, 15) is 13.2 Å². The number of H-pyrrole nitrogens is 1. The number of fused-ring (bicyclic) bond motifs is 2. The van der Waals surface area contributed by atoms with Gasteiger partial charge in [0.25, 0.3) is 0 Å². The van der Waals surface area contributed by atoms with Crippen molar-refractivity contribution in [3.8, 4) is 28.3 Å². The third-order valence-electron chi connectivity index (χ3n) is 4.90. The first kappa shape index (κ1) is 19.0. The third-order valence-corrected chi connectivity index (χ3v) is 4.90. The summed E-state index contributed by atoms with van der Waals surface area (Å²) in [6.07, 6.45) is 1.86. The highest BCUT2D eigenvalue weighted by Gasteiger charge is 2.28. The van der Waals surface area contributed by atoms with Crippen molar-refractivity contribution in [1.29, 1.82) is 0 Å². The number of benzene rings is 1. The highest BCUT2D eigenvalue weighted by Crippen LogP contribution is 2.31. The molecule has 10 heteroatoms. The van der Waals surface area contributed by atoms with Gasteiger partial charge in [-0.05, 0) is 23.8 Å². The Labute approximate surface area is 173 Å². The van der Waals surface area contributed by atoms with Crippen LogP contribution < -0.4 is 4.74 Å². The summed E-state index contributed by atoms with van der Waals surface area (Å²) in [7, 11) is 1.53. The smallest absolute Gasteiger partial charge is 0.406 e. The predicted octanol–water partition coefficient (Wildman–Crippen LogP) is 4.61. The van der Waals surface area contributed by atoms with Crippen molar-refractivity contribution in [2.24, 2.45) is 0 Å². The summed E-state index contributed by atoms with van der Waals surface area (Å²) in [6, 6.07) is 8.73. The quantitative estimate of drug-likeness (QED) is 0.456. The van der Waals surface area contributed by atoms with E-state index in [1.807, 2.05) is 0 Å². The second-order valence-electron chi connectivity index (χ2n) is 6.93. The van der Waals surface area contributed by atoms with Crippen LogP contribution in [0.5, 0.6) is 5.88 Å². The summed E-state index contributed by atoms with van der Waals surface area (Å²) in [5, 5.41) is 0. The summed E-state index contributed by atoms with van der Waals surface area (Å²) in [6.45, 7) is -1.10. The molecule has 0 bridgehead atoms. The highest BCUT2D eigenvalue weighted by molar-refractivity contribution is 5.94. The van der Waals surface area contributed by atoms with E-state index in [2.05, 4.69) is 19.9 Å². The average Bonchev–Trinajstić information content (AvgIpc) is 3.36. The summed E-state index contributed by atoms with van der Waals surface area (Å²) in [5.41, 5.74) is 4.91. The van der Waals surface area contributed by atoms with Crippen LogP contribution in [0.15, 0.2) is 55.2 Å². The minimum absolute atomic E-state index is 0.396. The molecule has 4 heterocycles. The molecule has 0 unspecified atom stereocenters. The van der Waals surface area contributed by atoms with Gasteiger partial charge in [0.2, 0.25) is 5.88 Å². The van der Waals surface area contributed by atoms with Gasteiger partial charge in [0.15, 0.2) is 5.65 Å². The van der Waals surface area contributed by atoms with Gasteiger partial charge in [-0.15, -0.1) is 0 Å². The first-order chi connectivity index (χ1) is 14.9. The number of halogens is 3. The van der Waals surface area contributed by atoms with Gasteiger partial charge in [-0.2, -0.15) is 13.2 Å². The molecule has 0 saturated heterocycles. The number of ether oxygens (including phenoxy) is 1. The zero-order valence-corrected chi connectivity index (χ0v) is 16.2. The molecule has 31 heavy (non-hydrogen) atoms. The Balaban J connectivity index is 1.61. The van der Waals surface area contributed by atoms with Crippen molar-refractivity contribution in [3.63, 3.8) is 0 Å². The van der Waals surface area contributed by atoms with Gasteiger partial charge in [-0.1, -0.05) is 6.07 Å². The van der Waals surface area contributed by atoms with Crippen molar-refractivity contribution in [2.75, 3.05) is 7.11 Å². The van der Waals surface area contributed by atoms with Gasteiger partial charge in [0, 0.05) is 29.6 Å². The number of hydrogen-bond acceptors (Lipinski definition) is 5. The fourth-order valence-corrected chi connectivity index (χ4v) is 3.47. The van der Waals surface area contributed by atoms with Crippen LogP contribution in [0.25, 0.3) is 44.6 Å². The second kappa shape index (κ2) is 7.08. The fraction of sp³-hybridized carbons (Fsp3) is 0.143. The number of imidazole rings is 1. The molecule has 0 aliphatic heterocycles. The number of aromatic nitrogens is 6. The largest absolute Gasteiger partial charge is 0.481 e. The molecule has 0 atom stereocenters. The number of nitrogens with zero attached hydrogens (tertiary/aromatic N) is 5. The Bertz CT molecular complexity index is 1410. The third kappa shape index (κ3) is 3.56. The van der Waals surface area contributed by atoms with Gasteiger partial charge in [-0.3, -0.25) is 0 Å². The molecule has 0 saturated carbocycles. The number of hydrogen-bond donors (Lipinski definition) is 1. The van der Waals surface area contributed by atoms with E-state index in [4.69, 9.17) is 9.72 Å². The Morgan fingerprint density at radius 1 is 1.06 bits per heavy atom. The average molecular weight is 424 g/mol. The highest BCUT2D eigenvalue weighted by atomic mass is 19.4. The zero-order chi connectivity index (χ0) is 21.6. The van der Waals surface area contributed by atoms with E-state index in [0.717, 1.165) is 15.7 Å². The second-order valence-corrected chi connectivity index (χ2v) is 6.93. The van der Waals surface area contributed by atoms with Crippen molar-refractivity contribution < 1.29 is 17.9 Å². The number of rotatable bonds is 4. The Morgan fingerprint density at radius 2 is 1.94 bits per heavy atom. The fourth-order valence-electron chi connectivity index (χ4n) is 3.47. The number of nitrogens with one attached hydrogen (secondary N) is 1. The number of aromatic amines is 1. The standard InChI is InChI=1S/C21H15F3N6O/c1-31-18-7-13(4-5-25-18)16-9-27-20-19(29-16)14(8-26-20)12-2-3-15-17(6-12)30(11-28-15)10-21(22,23)24/h2-9,11H,10H2,1H3,(H,26,27). The van der Waals surface area contributed by atoms with Crippen LogP contribution in [0, 0.1) is 0 Å². The molecule has 0 aliphatic rings. The van der Waals surface area contributed by atoms with E-state index >= 15 is 0 Å². The number of alkyl halides is 3. The van der Waals surface area contributed by atoms with Gasteiger partial charge in [0.1, 0.15) is 12.1 Å². The maximum Gasteiger partial charge on any atom is 0.406 e. The Kier molecular flexibility index (Phi) is 4.35. The molecule has 5 aromatic rings. The van der Waals surface area contributed by atoms with Gasteiger partial charge < -0.3 is 14.3 Å². The molecule has 156 valence electrons. The van der Waals surface area contributed by atoms with Crippen LogP contribution >= 0.6 is 0 Å². The van der Waals surface area contributed by atoms with Crippen LogP contribution in [0.1, 0.15) is 0 Å². The molecule has 0 radical (unpaired) electrons. The van der Waals surface area contributed by atoms with E-state index in [-0.39, 0.29) is 0 Å². The maximum absolute atomic E-state index is 12.9. The van der Waals surface area contributed by atoms with Crippen LogP contribution in [0.3, 0.4) is 0 Å². The van der Waals surface area contributed by atoms with E-state index in [0.29, 0.717) is 39.3 Å². The summed E-state index contributed by atoms with van der Waals surface area (Å²) < 4.78 is 45.0. The summed E-state index contributed by atoms with van der Waals surface area (Å²) in [5.74, 6) is 0.456. The van der Waals surface area contributed by atoms with Crippen LogP contribution in [-0.2, 0) is 6.54 Å². The first-order valence-corrected chi connectivity index (χ1v) is 9.28. The normalized spacial score (nSPS) is 12.0. The van der Waals surface area contributed by atoms with Crippen molar-refractivity contribution >= 4 is 22.2 Å². The molecular formula is C21H15F3N6O. The number of methoxy groups -OCH3 is 1. The van der Waals surface area contributed by atoms with Crippen LogP contribution in [0.2, 0.25) is 0 Å². The summed E-state index contributed by atoms with van der Waals surface area (Å²) in [4.78, 5) is 20.4. The number of pyridine rings is 1. The molecule has 1 N–H and O–H groups in total. The van der Waals surface area contributed by atoms with E-state index < -0.39 is 12.7 Å². The molecular weight excluding hydrogens is 409 g/mol. The lowest BCUT2D eigenvalue weighted by Crippen LogP contribution is -2.16. The van der Waals surface area contributed by atoms with Gasteiger partial charge in [-0.25, -0.2) is 19.9 Å². The SMILES string of the molecule is COc1cc(-c2cnc3[nH]cc(-c4ccc5ncn(CC(F)(F)F)c5c4)c3n2)ccn1. The molecule has 0 amide bonds. The monoisotopic (exact) mass is 424 g/mol. The topological polar surface area (TPSA) is 81.5 Å². The lowest BCUT2D eigenvalue weighted by molar-refractivity contribution is -0.139. The summed E-state index contributed by atoms with van der Waals surface area (Å²) >= 11 is 0. The molecule has 4 aromatic heterocycles. The van der Waals surface area contributed by atoms with Gasteiger partial charge >= 0.3 is 6.18 Å². The molecule has 1 aromatic carbocycles. The minimum Gasteiger partial charge on any atom is -0.481 e. The lowest BCUT2D eigenvalue weighted by atomic mass is 10.1. The zero-order valence-electron chi connectivity index (χ0n) is 16.2. The van der Waals surface area contributed by atoms with Crippen molar-refractivity contribution in [3.05, 3.63) is 55.2 Å². The predicted molar refractivity (Wildman–Crippen MR) is 108 cm³/mol. The molecule has 0 fully saturated rings. The first-order valence-electron chi connectivity index (χ1n) is 9.28. The van der Waals surface area contributed by atoms with Crippen molar-refractivity contribution in [2.45, 2.75) is 12.7 Å². The molecule has 0 spiro atoms. The Hall–Kier alpha value is -3.95. The van der Waals surface area contributed by atoms with Crippen LogP contribution in [-0.4, -0.2) is 42.8 Å². The van der Waals surface area contributed by atoms with E-state index in [1.54, 1.807) is 48.9 Å².